The third-order valence-electron chi connectivity index (χ3n) is 3.33. The maximum absolute atomic E-state index is 12.0. The van der Waals surface area contributed by atoms with Gasteiger partial charge in [0.2, 0.25) is 5.91 Å². The molecule has 0 heterocycles. The van der Waals surface area contributed by atoms with Crippen LogP contribution in [0.15, 0.2) is 48.5 Å². The number of ether oxygens (including phenoxy) is 2. The molecule has 0 radical (unpaired) electrons. The molecule has 0 aliphatic rings. The molecule has 0 saturated carbocycles. The molecule has 4 N–H and O–H groups in total. The zero-order valence-electron chi connectivity index (χ0n) is 14.0. The first kappa shape index (κ1) is 18.3. The first-order valence-electron chi connectivity index (χ1n) is 7.74. The van der Waals surface area contributed by atoms with Gasteiger partial charge in [-0.05, 0) is 36.4 Å². The summed E-state index contributed by atoms with van der Waals surface area (Å²) >= 11 is 0. The first-order valence-corrected chi connectivity index (χ1v) is 7.74. The molecule has 0 aliphatic carbocycles. The van der Waals surface area contributed by atoms with Gasteiger partial charge in [-0.1, -0.05) is 12.1 Å². The number of para-hydroxylation sites is 1. The first-order chi connectivity index (χ1) is 12.1. The van der Waals surface area contributed by atoms with Gasteiger partial charge in [-0.2, -0.15) is 0 Å². The minimum absolute atomic E-state index is 0.0526. The summed E-state index contributed by atoms with van der Waals surface area (Å²) in [5.74, 6) is -0.149. The van der Waals surface area contributed by atoms with Crippen molar-refractivity contribution in [3.8, 4) is 5.75 Å². The number of anilines is 2. The van der Waals surface area contributed by atoms with Crippen molar-refractivity contribution in [2.24, 2.45) is 5.73 Å². The van der Waals surface area contributed by atoms with Crippen LogP contribution >= 0.6 is 0 Å². The van der Waals surface area contributed by atoms with Crippen molar-refractivity contribution in [3.63, 3.8) is 0 Å². The van der Waals surface area contributed by atoms with Crippen LogP contribution in [0.25, 0.3) is 0 Å². The van der Waals surface area contributed by atoms with E-state index < -0.39 is 5.91 Å². The second kappa shape index (κ2) is 9.29. The molecule has 0 aliphatic heterocycles. The normalized spacial score (nSPS) is 10.1. The molecule has 0 saturated heterocycles. The Morgan fingerprint density at radius 2 is 1.76 bits per heavy atom. The molecule has 0 unspecified atom stereocenters. The Morgan fingerprint density at radius 3 is 2.44 bits per heavy atom. The molecule has 0 atom stereocenters. The number of nitrogens with one attached hydrogen (secondary N) is 2. The number of hydrogen-bond donors (Lipinski definition) is 3. The molecule has 132 valence electrons. The highest BCUT2D eigenvalue weighted by Gasteiger charge is 2.10. The van der Waals surface area contributed by atoms with E-state index in [1.807, 2.05) is 12.1 Å². The molecule has 0 bridgehead atoms. The average molecular weight is 343 g/mol. The lowest BCUT2D eigenvalue weighted by Crippen LogP contribution is -2.24. The fraction of sp³-hybridized carbons (Fsp3) is 0.222. The molecule has 7 nitrogen and oxygen atoms in total. The van der Waals surface area contributed by atoms with Gasteiger partial charge in [0.1, 0.15) is 12.4 Å². The van der Waals surface area contributed by atoms with Gasteiger partial charge in [0, 0.05) is 12.8 Å². The number of amides is 2. The summed E-state index contributed by atoms with van der Waals surface area (Å²) < 4.78 is 10.4. The highest BCUT2D eigenvalue weighted by molar-refractivity contribution is 6.03. The van der Waals surface area contributed by atoms with Gasteiger partial charge in [0.25, 0.3) is 5.91 Å². The quantitative estimate of drug-likeness (QED) is 0.603. The molecule has 7 heteroatoms. The van der Waals surface area contributed by atoms with E-state index in [1.165, 1.54) is 0 Å². The van der Waals surface area contributed by atoms with Gasteiger partial charge in [0.05, 0.1) is 24.4 Å². The van der Waals surface area contributed by atoms with Crippen LogP contribution in [0.2, 0.25) is 0 Å². The van der Waals surface area contributed by atoms with Crippen molar-refractivity contribution < 1.29 is 19.1 Å². The van der Waals surface area contributed by atoms with E-state index >= 15 is 0 Å². The van der Waals surface area contributed by atoms with Gasteiger partial charge < -0.3 is 25.8 Å². The number of benzene rings is 2. The van der Waals surface area contributed by atoms with Crippen LogP contribution in [0.4, 0.5) is 11.4 Å². The highest BCUT2D eigenvalue weighted by Crippen LogP contribution is 2.16. The summed E-state index contributed by atoms with van der Waals surface area (Å²) in [6.07, 6.45) is 0. The van der Waals surface area contributed by atoms with E-state index in [1.54, 1.807) is 43.5 Å². The third kappa shape index (κ3) is 5.82. The topological polar surface area (TPSA) is 103 Å². The SMILES string of the molecule is COCCOc1ccc(NCC(=O)Nc2ccccc2C(N)=O)cc1. The number of hydrogen-bond acceptors (Lipinski definition) is 5. The average Bonchev–Trinajstić information content (AvgIpc) is 2.61. The monoisotopic (exact) mass is 343 g/mol. The Balaban J connectivity index is 1.85. The van der Waals surface area contributed by atoms with Crippen LogP contribution in [-0.4, -0.2) is 38.7 Å². The van der Waals surface area contributed by atoms with Gasteiger partial charge >= 0.3 is 0 Å². The fourth-order valence-electron chi connectivity index (χ4n) is 2.10. The van der Waals surface area contributed by atoms with Gasteiger partial charge in [-0.15, -0.1) is 0 Å². The van der Waals surface area contributed by atoms with Crippen molar-refractivity contribution in [3.05, 3.63) is 54.1 Å². The van der Waals surface area contributed by atoms with E-state index in [0.717, 1.165) is 11.4 Å². The largest absolute Gasteiger partial charge is 0.491 e. The fourth-order valence-corrected chi connectivity index (χ4v) is 2.10. The van der Waals surface area contributed by atoms with E-state index in [2.05, 4.69) is 10.6 Å². The second-order valence-corrected chi connectivity index (χ2v) is 5.18. The molecule has 0 aromatic heterocycles. The molecule has 2 aromatic rings. The third-order valence-corrected chi connectivity index (χ3v) is 3.33. The maximum atomic E-state index is 12.0. The Hall–Kier alpha value is -3.06. The van der Waals surface area contributed by atoms with E-state index in [4.69, 9.17) is 15.2 Å². The predicted octanol–water partition coefficient (Wildman–Crippen LogP) is 1.86. The van der Waals surface area contributed by atoms with E-state index in [9.17, 15) is 9.59 Å². The summed E-state index contributed by atoms with van der Waals surface area (Å²) in [5, 5.41) is 5.67. The molecule has 25 heavy (non-hydrogen) atoms. The van der Waals surface area contributed by atoms with Crippen molar-refractivity contribution in [1.82, 2.24) is 0 Å². The van der Waals surface area contributed by atoms with Crippen molar-refractivity contribution in [2.75, 3.05) is 37.5 Å². The van der Waals surface area contributed by atoms with Crippen LogP contribution in [0.3, 0.4) is 0 Å². The van der Waals surface area contributed by atoms with Crippen LogP contribution < -0.4 is 21.1 Å². The summed E-state index contributed by atoms with van der Waals surface area (Å²) in [4.78, 5) is 23.4. The van der Waals surface area contributed by atoms with Crippen LogP contribution in [0.1, 0.15) is 10.4 Å². The van der Waals surface area contributed by atoms with Crippen molar-refractivity contribution >= 4 is 23.2 Å². The zero-order chi connectivity index (χ0) is 18.1. The highest BCUT2D eigenvalue weighted by atomic mass is 16.5. The van der Waals surface area contributed by atoms with Crippen molar-refractivity contribution in [1.29, 1.82) is 0 Å². The second-order valence-electron chi connectivity index (χ2n) is 5.18. The van der Waals surface area contributed by atoms with Crippen LogP contribution in [-0.2, 0) is 9.53 Å². The molecule has 2 rings (SSSR count). The van der Waals surface area contributed by atoms with E-state index in [0.29, 0.717) is 18.9 Å². The van der Waals surface area contributed by atoms with Gasteiger partial charge in [-0.25, -0.2) is 0 Å². The summed E-state index contributed by atoms with van der Waals surface area (Å²) in [7, 11) is 1.61. The number of carbonyl (C=O) groups excluding carboxylic acids is 2. The van der Waals surface area contributed by atoms with Crippen LogP contribution in [0.5, 0.6) is 5.75 Å². The molecule has 0 spiro atoms. The summed E-state index contributed by atoms with van der Waals surface area (Å²) in [5.41, 5.74) is 6.73. The molecule has 2 amide bonds. The Bertz CT molecular complexity index is 717. The smallest absolute Gasteiger partial charge is 0.250 e. The molecule has 2 aromatic carbocycles. The Labute approximate surface area is 146 Å². The minimum atomic E-state index is -0.590. The van der Waals surface area contributed by atoms with Crippen LogP contribution in [0, 0.1) is 0 Å². The maximum Gasteiger partial charge on any atom is 0.250 e. The lowest BCUT2D eigenvalue weighted by molar-refractivity contribution is -0.114. The summed E-state index contributed by atoms with van der Waals surface area (Å²) in [6.45, 7) is 1.05. The number of rotatable bonds is 9. The summed E-state index contributed by atoms with van der Waals surface area (Å²) in [6, 6.07) is 13.8. The Morgan fingerprint density at radius 1 is 1.04 bits per heavy atom. The lowest BCUT2D eigenvalue weighted by atomic mass is 10.1. The number of nitrogens with two attached hydrogens (primary N) is 1. The Kier molecular flexibility index (Phi) is 6.79. The number of methoxy groups -OCH3 is 1. The van der Waals surface area contributed by atoms with Crippen molar-refractivity contribution in [2.45, 2.75) is 0 Å². The molecular formula is C18H21N3O4. The zero-order valence-corrected chi connectivity index (χ0v) is 14.0. The number of primary amides is 1. The molecular weight excluding hydrogens is 322 g/mol. The van der Waals surface area contributed by atoms with Gasteiger partial charge in [0.15, 0.2) is 0 Å². The minimum Gasteiger partial charge on any atom is -0.491 e. The number of carbonyl (C=O) groups is 2. The van der Waals surface area contributed by atoms with E-state index in [-0.39, 0.29) is 18.0 Å². The predicted molar refractivity (Wildman–Crippen MR) is 95.9 cm³/mol. The molecule has 0 fully saturated rings. The standard InChI is InChI=1S/C18H21N3O4/c1-24-10-11-25-14-8-6-13(7-9-14)20-12-17(22)21-16-5-3-2-4-15(16)18(19)23/h2-9,20H,10-12H2,1H3,(H2,19,23)(H,21,22). The van der Waals surface area contributed by atoms with Gasteiger partial charge in [-0.3, -0.25) is 9.59 Å². The lowest BCUT2D eigenvalue weighted by Gasteiger charge is -2.11.